The van der Waals surface area contributed by atoms with Crippen molar-refractivity contribution >= 4 is 24.1 Å². The van der Waals surface area contributed by atoms with E-state index in [9.17, 15) is 19.2 Å². The van der Waals surface area contributed by atoms with Gasteiger partial charge in [-0.25, -0.2) is 19.2 Å². The van der Waals surface area contributed by atoms with Gasteiger partial charge in [-0.2, -0.15) is 0 Å². The highest BCUT2D eigenvalue weighted by Crippen LogP contribution is 2.46. The molecule has 3 aromatic rings. The third-order valence-corrected chi connectivity index (χ3v) is 7.96. The Hall–Kier alpha value is -5.42. The maximum absolute atomic E-state index is 13.0. The van der Waals surface area contributed by atoms with Gasteiger partial charge in [-0.1, -0.05) is 32.2 Å². The normalized spacial score (nSPS) is 12.6. The van der Waals surface area contributed by atoms with E-state index in [1.807, 2.05) is 24.3 Å². The van der Waals surface area contributed by atoms with Gasteiger partial charge >= 0.3 is 24.1 Å². The first-order valence-electron chi connectivity index (χ1n) is 16.5. The lowest BCUT2D eigenvalue weighted by Crippen LogP contribution is -2.12. The second kappa shape index (κ2) is 18.9. The van der Waals surface area contributed by atoms with Crippen molar-refractivity contribution in [1.29, 1.82) is 0 Å². The summed E-state index contributed by atoms with van der Waals surface area (Å²) in [6.07, 6.45) is 4.64. The number of aliphatic hydroxyl groups excluding tert-OH is 1. The summed E-state index contributed by atoms with van der Waals surface area (Å²) in [6.45, 7) is 9.62. The Kier molecular flexibility index (Phi) is 14.2. The molecule has 1 atom stereocenters. The molecule has 11 nitrogen and oxygen atoms in total. The zero-order chi connectivity index (χ0) is 35.9. The summed E-state index contributed by atoms with van der Waals surface area (Å²) in [6, 6.07) is 17.6. The van der Waals surface area contributed by atoms with Gasteiger partial charge in [0.05, 0.1) is 44.2 Å². The molecule has 0 fully saturated rings. The van der Waals surface area contributed by atoms with Crippen molar-refractivity contribution in [2.45, 2.75) is 51.4 Å². The molecule has 1 aliphatic carbocycles. The topological polar surface area (TPSA) is 144 Å². The van der Waals surface area contributed by atoms with Crippen LogP contribution < -0.4 is 14.2 Å². The SMILES string of the molecule is C=CC(=O)OCCCCOC(=O)Oc1ccc(OC(=O)c2ccc3c(c2)C(C)c2cc(OCCCCCCOC(=O)C(=C)CO)ccc2-3)cc1. The highest BCUT2D eigenvalue weighted by Gasteiger charge is 2.27. The Morgan fingerprint density at radius 2 is 1.26 bits per heavy atom. The van der Waals surface area contributed by atoms with E-state index in [0.29, 0.717) is 31.6 Å². The first-order chi connectivity index (χ1) is 24.2. The van der Waals surface area contributed by atoms with Crippen LogP contribution >= 0.6 is 0 Å². The van der Waals surface area contributed by atoms with E-state index in [2.05, 4.69) is 26.1 Å². The molecule has 0 saturated carbocycles. The van der Waals surface area contributed by atoms with Crippen molar-refractivity contribution < 1.29 is 52.7 Å². The van der Waals surface area contributed by atoms with Crippen molar-refractivity contribution in [1.82, 2.24) is 0 Å². The zero-order valence-electron chi connectivity index (χ0n) is 28.2. The van der Waals surface area contributed by atoms with Crippen LogP contribution in [-0.2, 0) is 23.8 Å². The Morgan fingerprint density at radius 3 is 1.94 bits per heavy atom. The van der Waals surface area contributed by atoms with Crippen molar-refractivity contribution in [3.05, 3.63) is 102 Å². The smallest absolute Gasteiger partial charge is 0.494 e. The number of carbonyl (C=O) groups is 4. The Labute approximate surface area is 291 Å². The number of unbranched alkanes of at least 4 members (excludes halogenated alkanes) is 4. The van der Waals surface area contributed by atoms with Crippen molar-refractivity contribution in [2.24, 2.45) is 0 Å². The first kappa shape index (κ1) is 37.4. The molecule has 0 aromatic heterocycles. The summed E-state index contributed by atoms with van der Waals surface area (Å²) >= 11 is 0. The summed E-state index contributed by atoms with van der Waals surface area (Å²) in [5, 5.41) is 8.90. The molecular formula is C39H42O11. The van der Waals surface area contributed by atoms with Crippen LogP contribution in [0.3, 0.4) is 0 Å². The van der Waals surface area contributed by atoms with Gasteiger partial charge in [0, 0.05) is 12.0 Å². The molecule has 0 amide bonds. The molecule has 0 spiro atoms. The molecule has 0 heterocycles. The molecule has 4 rings (SSSR count). The highest BCUT2D eigenvalue weighted by atomic mass is 16.7. The fourth-order valence-corrected chi connectivity index (χ4v) is 5.23. The monoisotopic (exact) mass is 686 g/mol. The largest absolute Gasteiger partial charge is 0.513 e. The maximum Gasteiger partial charge on any atom is 0.513 e. The average molecular weight is 687 g/mol. The van der Waals surface area contributed by atoms with E-state index in [4.69, 9.17) is 33.5 Å². The standard InChI is InChI=1S/C39H42O11/c1-4-36(41)46-20-9-10-22-48-39(44)50-30-14-12-29(13-15-30)49-38(43)28-11-17-32-33-18-16-31(24-35(33)27(3)34(32)23-28)45-19-7-5-6-8-21-47-37(42)26(2)25-40/h4,11-18,23-24,27,40H,1-2,5-10,19-22,25H2,3H3. The van der Waals surface area contributed by atoms with Crippen LogP contribution in [0.15, 0.2) is 85.5 Å². The van der Waals surface area contributed by atoms with Crippen molar-refractivity contribution in [2.75, 3.05) is 33.0 Å². The number of aliphatic hydroxyl groups is 1. The Bertz CT molecular complexity index is 1680. The van der Waals surface area contributed by atoms with E-state index in [0.717, 1.165) is 59.8 Å². The van der Waals surface area contributed by atoms with Crippen molar-refractivity contribution in [3.8, 4) is 28.4 Å². The number of fused-ring (bicyclic) bond motifs is 3. The third kappa shape index (κ3) is 10.8. The molecule has 264 valence electrons. The molecule has 1 N–H and O–H groups in total. The van der Waals surface area contributed by atoms with Crippen LogP contribution in [0, 0.1) is 0 Å². The van der Waals surface area contributed by atoms with Crippen LogP contribution in [-0.4, -0.2) is 62.2 Å². The zero-order valence-corrected chi connectivity index (χ0v) is 28.2. The molecule has 0 saturated heterocycles. The average Bonchev–Trinajstić information content (AvgIpc) is 3.40. The predicted molar refractivity (Wildman–Crippen MR) is 184 cm³/mol. The maximum atomic E-state index is 13.0. The van der Waals surface area contributed by atoms with Gasteiger partial charge in [0.1, 0.15) is 17.2 Å². The van der Waals surface area contributed by atoms with Crippen LogP contribution in [0.4, 0.5) is 4.79 Å². The van der Waals surface area contributed by atoms with Crippen molar-refractivity contribution in [3.63, 3.8) is 0 Å². The Morgan fingerprint density at radius 1 is 0.700 bits per heavy atom. The second-order valence-electron chi connectivity index (χ2n) is 11.6. The quantitative estimate of drug-likeness (QED) is 0.0345. The minimum atomic E-state index is -0.874. The summed E-state index contributed by atoms with van der Waals surface area (Å²) in [5.41, 5.74) is 4.77. The first-order valence-corrected chi connectivity index (χ1v) is 16.5. The number of esters is 3. The molecule has 3 aromatic carbocycles. The summed E-state index contributed by atoms with van der Waals surface area (Å²) in [4.78, 5) is 47.5. The second-order valence-corrected chi connectivity index (χ2v) is 11.6. The summed E-state index contributed by atoms with van der Waals surface area (Å²) in [5.74, 6) is -0.233. The van der Waals surface area contributed by atoms with E-state index in [1.165, 1.54) is 24.3 Å². The number of carbonyl (C=O) groups excluding carboxylic acids is 4. The van der Waals surface area contributed by atoms with Gasteiger partial charge in [-0.15, -0.1) is 0 Å². The minimum absolute atomic E-state index is 0.0481. The highest BCUT2D eigenvalue weighted by molar-refractivity contribution is 5.93. The lowest BCUT2D eigenvalue weighted by Gasteiger charge is -2.11. The van der Waals surface area contributed by atoms with Crippen LogP contribution in [0.25, 0.3) is 11.1 Å². The summed E-state index contributed by atoms with van der Waals surface area (Å²) < 4.78 is 31.7. The van der Waals surface area contributed by atoms with Crippen LogP contribution in [0.1, 0.15) is 72.9 Å². The number of hydrogen-bond acceptors (Lipinski definition) is 11. The molecule has 0 bridgehead atoms. The van der Waals surface area contributed by atoms with E-state index in [-0.39, 0.29) is 36.2 Å². The van der Waals surface area contributed by atoms with Gasteiger partial charge in [0.2, 0.25) is 0 Å². The minimum Gasteiger partial charge on any atom is -0.494 e. The summed E-state index contributed by atoms with van der Waals surface area (Å²) in [7, 11) is 0. The molecule has 1 aliphatic rings. The van der Waals surface area contributed by atoms with E-state index in [1.54, 1.807) is 6.07 Å². The molecule has 11 heteroatoms. The predicted octanol–water partition coefficient (Wildman–Crippen LogP) is 7.09. The van der Waals surface area contributed by atoms with Gasteiger partial charge in [-0.3, -0.25) is 0 Å². The molecule has 0 radical (unpaired) electrons. The molecule has 1 unspecified atom stereocenters. The fourth-order valence-electron chi connectivity index (χ4n) is 5.23. The van der Waals surface area contributed by atoms with Crippen LogP contribution in [0.5, 0.6) is 17.2 Å². The molecule has 50 heavy (non-hydrogen) atoms. The number of hydrogen-bond donors (Lipinski definition) is 1. The van der Waals surface area contributed by atoms with Gasteiger partial charge < -0.3 is 33.5 Å². The van der Waals surface area contributed by atoms with E-state index < -0.39 is 30.7 Å². The molecule has 0 aliphatic heterocycles. The number of ether oxygens (including phenoxy) is 6. The van der Waals surface area contributed by atoms with Gasteiger partial charge in [-0.05, 0) is 109 Å². The molecular weight excluding hydrogens is 644 g/mol. The number of rotatable bonds is 19. The van der Waals surface area contributed by atoms with Gasteiger partial charge in [0.25, 0.3) is 0 Å². The van der Waals surface area contributed by atoms with Crippen LogP contribution in [0.2, 0.25) is 0 Å². The van der Waals surface area contributed by atoms with E-state index >= 15 is 0 Å². The Balaban J connectivity index is 1.20. The van der Waals surface area contributed by atoms with Gasteiger partial charge in [0.15, 0.2) is 0 Å². The number of benzene rings is 3. The fraction of sp³-hybridized carbons (Fsp3) is 0.333. The lowest BCUT2D eigenvalue weighted by molar-refractivity contribution is -0.140. The third-order valence-electron chi connectivity index (χ3n) is 7.96. The lowest BCUT2D eigenvalue weighted by atomic mass is 9.98.